The third-order valence-corrected chi connectivity index (χ3v) is 3.19. The molecule has 2 N–H and O–H groups in total. The monoisotopic (exact) mass is 258 g/mol. The number of carboxylic acids is 1. The number of amides is 2. The molecule has 0 saturated heterocycles. The van der Waals surface area contributed by atoms with Crippen LogP contribution in [0.5, 0.6) is 0 Å². The molecule has 5 nitrogen and oxygen atoms in total. The molecule has 0 aliphatic rings. The molecule has 0 bridgehead atoms. The van der Waals surface area contributed by atoms with Gasteiger partial charge in [0, 0.05) is 13.1 Å². The van der Waals surface area contributed by atoms with E-state index in [1.54, 1.807) is 32.7 Å². The predicted molar refractivity (Wildman–Crippen MR) is 71.5 cm³/mol. The minimum atomic E-state index is -1.01. The minimum Gasteiger partial charge on any atom is -0.480 e. The Labute approximate surface area is 110 Å². The maximum Gasteiger partial charge on any atom is 0.326 e. The van der Waals surface area contributed by atoms with Crippen LogP contribution in [0, 0.1) is 5.41 Å². The summed E-state index contributed by atoms with van der Waals surface area (Å²) in [4.78, 5) is 24.8. The zero-order chi connectivity index (χ0) is 14.5. The average molecular weight is 258 g/mol. The normalized spacial score (nSPS) is 13.3. The summed E-state index contributed by atoms with van der Waals surface area (Å²) >= 11 is 0. The van der Waals surface area contributed by atoms with Crippen molar-refractivity contribution in [3.8, 4) is 0 Å². The Bertz CT molecular complexity index is 293. The number of carbonyl (C=O) groups is 2. The van der Waals surface area contributed by atoms with E-state index in [0.717, 1.165) is 12.8 Å². The summed E-state index contributed by atoms with van der Waals surface area (Å²) in [5.74, 6) is -1.01. The van der Waals surface area contributed by atoms with Crippen molar-refractivity contribution >= 4 is 12.0 Å². The van der Waals surface area contributed by atoms with Gasteiger partial charge >= 0.3 is 12.0 Å². The van der Waals surface area contributed by atoms with E-state index in [1.807, 2.05) is 13.8 Å². The van der Waals surface area contributed by atoms with Gasteiger partial charge in [0.1, 0.15) is 6.04 Å². The second-order valence-electron chi connectivity index (χ2n) is 5.67. The molecular weight excluding hydrogens is 232 g/mol. The predicted octanol–water partition coefficient (Wildman–Crippen LogP) is 2.32. The molecule has 0 spiro atoms. The molecule has 0 aromatic rings. The van der Waals surface area contributed by atoms with E-state index < -0.39 is 17.4 Å². The van der Waals surface area contributed by atoms with Crippen molar-refractivity contribution in [2.75, 3.05) is 7.05 Å². The van der Waals surface area contributed by atoms with Crippen LogP contribution in [0.15, 0.2) is 0 Å². The van der Waals surface area contributed by atoms with Gasteiger partial charge in [0.2, 0.25) is 0 Å². The van der Waals surface area contributed by atoms with E-state index >= 15 is 0 Å². The Kier molecular flexibility index (Phi) is 6.15. The topological polar surface area (TPSA) is 69.6 Å². The number of hydrogen-bond donors (Lipinski definition) is 2. The van der Waals surface area contributed by atoms with E-state index in [-0.39, 0.29) is 12.1 Å². The van der Waals surface area contributed by atoms with E-state index in [1.165, 1.54) is 0 Å². The number of hydrogen-bond acceptors (Lipinski definition) is 2. The standard InChI is InChI=1S/C13H26N2O3/c1-7-9(8-2)15(6)12(18)14-10(11(16)17)13(3,4)5/h9-10H,7-8H2,1-6H3,(H,14,18)(H,16,17)/t10-/m1/s1. The van der Waals surface area contributed by atoms with Crippen LogP contribution in [0.1, 0.15) is 47.5 Å². The first-order valence-electron chi connectivity index (χ1n) is 6.41. The van der Waals surface area contributed by atoms with Crippen LogP contribution in [0.4, 0.5) is 4.79 Å². The van der Waals surface area contributed by atoms with E-state index in [0.29, 0.717) is 0 Å². The van der Waals surface area contributed by atoms with Gasteiger partial charge in [-0.2, -0.15) is 0 Å². The lowest BCUT2D eigenvalue weighted by atomic mass is 9.87. The second-order valence-corrected chi connectivity index (χ2v) is 5.67. The number of rotatable bonds is 5. The van der Waals surface area contributed by atoms with E-state index in [9.17, 15) is 9.59 Å². The number of carbonyl (C=O) groups excluding carboxylic acids is 1. The van der Waals surface area contributed by atoms with Crippen LogP contribution in [0.3, 0.4) is 0 Å². The Morgan fingerprint density at radius 2 is 1.67 bits per heavy atom. The van der Waals surface area contributed by atoms with Crippen molar-refractivity contribution in [3.05, 3.63) is 0 Å². The highest BCUT2D eigenvalue weighted by Gasteiger charge is 2.33. The summed E-state index contributed by atoms with van der Waals surface area (Å²) in [5.41, 5.74) is -0.518. The highest BCUT2D eigenvalue weighted by Crippen LogP contribution is 2.20. The first-order valence-corrected chi connectivity index (χ1v) is 6.41. The quantitative estimate of drug-likeness (QED) is 0.795. The zero-order valence-corrected chi connectivity index (χ0v) is 12.3. The van der Waals surface area contributed by atoms with Gasteiger partial charge < -0.3 is 15.3 Å². The minimum absolute atomic E-state index is 0.138. The lowest BCUT2D eigenvalue weighted by molar-refractivity contribution is -0.142. The Hall–Kier alpha value is -1.26. The molecule has 2 amide bonds. The molecule has 0 aromatic heterocycles. The summed E-state index contributed by atoms with van der Waals surface area (Å²) in [6.45, 7) is 9.41. The maximum absolute atomic E-state index is 12.0. The van der Waals surface area contributed by atoms with Crippen LogP contribution in [-0.2, 0) is 4.79 Å². The fourth-order valence-electron chi connectivity index (χ4n) is 1.88. The Balaban J connectivity index is 4.76. The van der Waals surface area contributed by atoms with E-state index in [2.05, 4.69) is 5.32 Å². The smallest absolute Gasteiger partial charge is 0.326 e. The third-order valence-electron chi connectivity index (χ3n) is 3.19. The van der Waals surface area contributed by atoms with Gasteiger partial charge in [-0.3, -0.25) is 0 Å². The molecule has 0 rings (SSSR count). The molecule has 0 saturated carbocycles. The zero-order valence-electron chi connectivity index (χ0n) is 12.3. The number of nitrogens with one attached hydrogen (secondary N) is 1. The van der Waals surface area contributed by atoms with Gasteiger partial charge in [0.25, 0.3) is 0 Å². The molecule has 1 atom stereocenters. The van der Waals surface area contributed by atoms with Crippen molar-refractivity contribution in [3.63, 3.8) is 0 Å². The molecule has 18 heavy (non-hydrogen) atoms. The van der Waals surface area contributed by atoms with E-state index in [4.69, 9.17) is 5.11 Å². The molecular formula is C13H26N2O3. The number of aliphatic carboxylic acids is 1. The van der Waals surface area contributed by atoms with Crippen molar-refractivity contribution in [1.29, 1.82) is 0 Å². The van der Waals surface area contributed by atoms with Gasteiger partial charge in [0.15, 0.2) is 0 Å². The summed E-state index contributed by atoms with van der Waals surface area (Å²) in [5, 5.41) is 11.8. The highest BCUT2D eigenvalue weighted by atomic mass is 16.4. The molecule has 0 radical (unpaired) electrons. The fraction of sp³-hybridized carbons (Fsp3) is 0.846. The summed E-state index contributed by atoms with van der Waals surface area (Å²) in [7, 11) is 1.70. The molecule has 0 fully saturated rings. The Morgan fingerprint density at radius 1 is 1.22 bits per heavy atom. The lowest BCUT2D eigenvalue weighted by Gasteiger charge is -2.32. The number of nitrogens with zero attached hydrogens (tertiary/aromatic N) is 1. The van der Waals surface area contributed by atoms with Crippen LogP contribution >= 0.6 is 0 Å². The highest BCUT2D eigenvalue weighted by molar-refractivity contribution is 5.83. The van der Waals surface area contributed by atoms with Gasteiger partial charge in [-0.15, -0.1) is 0 Å². The lowest BCUT2D eigenvalue weighted by Crippen LogP contribution is -2.54. The Morgan fingerprint density at radius 3 is 1.94 bits per heavy atom. The molecule has 0 aliphatic carbocycles. The van der Waals surface area contributed by atoms with Crippen molar-refractivity contribution in [1.82, 2.24) is 10.2 Å². The maximum atomic E-state index is 12.0. The first kappa shape index (κ1) is 16.7. The molecule has 0 aliphatic heterocycles. The van der Waals surface area contributed by atoms with Crippen molar-refractivity contribution in [2.45, 2.75) is 59.5 Å². The van der Waals surface area contributed by atoms with Crippen LogP contribution in [-0.4, -0.2) is 41.1 Å². The largest absolute Gasteiger partial charge is 0.480 e. The van der Waals surface area contributed by atoms with Crippen LogP contribution < -0.4 is 5.32 Å². The van der Waals surface area contributed by atoms with Gasteiger partial charge in [-0.05, 0) is 18.3 Å². The van der Waals surface area contributed by atoms with Crippen molar-refractivity contribution in [2.24, 2.45) is 5.41 Å². The molecule has 0 aromatic carbocycles. The summed E-state index contributed by atoms with van der Waals surface area (Å²) < 4.78 is 0. The van der Waals surface area contributed by atoms with Gasteiger partial charge in [-0.25, -0.2) is 9.59 Å². The molecule has 0 unspecified atom stereocenters. The molecule has 106 valence electrons. The SMILES string of the molecule is CCC(CC)N(C)C(=O)N[C@H](C(=O)O)C(C)(C)C. The summed E-state index contributed by atoms with van der Waals surface area (Å²) in [6.07, 6.45) is 1.71. The van der Waals surface area contributed by atoms with Gasteiger partial charge in [-0.1, -0.05) is 34.6 Å². The fourth-order valence-corrected chi connectivity index (χ4v) is 1.88. The molecule has 5 heteroatoms. The van der Waals surface area contributed by atoms with Crippen LogP contribution in [0.2, 0.25) is 0 Å². The number of carboxylic acid groups (broad SMARTS) is 1. The second kappa shape index (κ2) is 6.61. The number of urea groups is 1. The van der Waals surface area contributed by atoms with Crippen molar-refractivity contribution < 1.29 is 14.7 Å². The first-order chi connectivity index (χ1) is 8.15. The third kappa shape index (κ3) is 4.55. The summed E-state index contributed by atoms with van der Waals surface area (Å²) in [6, 6.07) is -1.08. The molecule has 0 heterocycles. The average Bonchev–Trinajstić information content (AvgIpc) is 2.24. The van der Waals surface area contributed by atoms with Crippen LogP contribution in [0.25, 0.3) is 0 Å². The van der Waals surface area contributed by atoms with Gasteiger partial charge in [0.05, 0.1) is 0 Å².